The van der Waals surface area contributed by atoms with Gasteiger partial charge in [-0.3, -0.25) is 9.59 Å². The first-order valence-corrected chi connectivity index (χ1v) is 7.01. The second-order valence-electron chi connectivity index (χ2n) is 4.17. The minimum Gasteiger partial charge on any atom is -0.466 e. The van der Waals surface area contributed by atoms with Gasteiger partial charge < -0.3 is 4.74 Å². The molecule has 21 heavy (non-hydrogen) atoms. The van der Waals surface area contributed by atoms with Crippen LogP contribution in [0, 0.1) is 0 Å². The van der Waals surface area contributed by atoms with Crippen molar-refractivity contribution in [3.63, 3.8) is 0 Å². The quantitative estimate of drug-likeness (QED) is 0.533. The van der Waals surface area contributed by atoms with Gasteiger partial charge in [-0.15, -0.1) is 12.6 Å². The molecule has 2 aromatic rings. The third-order valence-electron chi connectivity index (χ3n) is 2.51. The average Bonchev–Trinajstić information content (AvgIpc) is 2.49. The highest BCUT2D eigenvalue weighted by molar-refractivity contribution is 7.80. The maximum absolute atomic E-state index is 11.9. The molecule has 0 N–H and O–H groups in total. The second-order valence-corrected chi connectivity index (χ2v) is 4.68. The van der Waals surface area contributed by atoms with Crippen molar-refractivity contribution in [2.75, 3.05) is 6.61 Å². The molecule has 0 bridgehead atoms. The summed E-state index contributed by atoms with van der Waals surface area (Å²) < 4.78 is 4.40. The summed E-state index contributed by atoms with van der Waals surface area (Å²) in [5.74, 6) is -0.165. The summed E-state index contributed by atoms with van der Waals surface area (Å²) in [6.45, 7) is 3.65. The molecule has 0 atom stereocenters. The van der Waals surface area contributed by atoms with Gasteiger partial charge in [0.25, 0.3) is 0 Å². The first kappa shape index (κ1) is 17.0. The number of carbonyl (C=O) groups excluding carboxylic acids is 2. The Morgan fingerprint density at radius 3 is 1.90 bits per heavy atom. The molecule has 4 heteroatoms. The van der Waals surface area contributed by atoms with Gasteiger partial charge in [0.2, 0.25) is 0 Å². The summed E-state index contributed by atoms with van der Waals surface area (Å²) in [7, 11) is 0. The molecule has 0 aliphatic heterocycles. The van der Waals surface area contributed by atoms with E-state index in [1.165, 1.54) is 6.92 Å². The van der Waals surface area contributed by atoms with Crippen molar-refractivity contribution in [2.24, 2.45) is 0 Å². The van der Waals surface area contributed by atoms with E-state index in [1.54, 1.807) is 19.1 Å². The SMILES string of the molecule is CCOC(C)=O.O=C(c1ccccc1)c1ccc(S)cc1. The van der Waals surface area contributed by atoms with E-state index in [9.17, 15) is 9.59 Å². The molecule has 0 spiro atoms. The molecule has 0 aliphatic carbocycles. The molecule has 0 aromatic heterocycles. The molecular formula is C17H18O3S. The second kappa shape index (κ2) is 8.97. The van der Waals surface area contributed by atoms with Crippen LogP contribution in [0.3, 0.4) is 0 Å². The van der Waals surface area contributed by atoms with Crippen LogP contribution >= 0.6 is 12.6 Å². The van der Waals surface area contributed by atoms with Gasteiger partial charge in [-0.2, -0.15) is 0 Å². The highest BCUT2D eigenvalue weighted by Crippen LogP contribution is 2.12. The van der Waals surface area contributed by atoms with Crippen LogP contribution in [0.25, 0.3) is 0 Å². The van der Waals surface area contributed by atoms with Gasteiger partial charge in [0.05, 0.1) is 6.61 Å². The zero-order valence-corrected chi connectivity index (χ0v) is 13.0. The Bertz CT molecular complexity index is 577. The van der Waals surface area contributed by atoms with E-state index < -0.39 is 0 Å². The maximum Gasteiger partial charge on any atom is 0.302 e. The molecule has 0 fully saturated rings. The zero-order valence-electron chi connectivity index (χ0n) is 12.1. The lowest BCUT2D eigenvalue weighted by Crippen LogP contribution is -2.00. The van der Waals surface area contributed by atoms with Crippen LogP contribution in [0.2, 0.25) is 0 Å². The van der Waals surface area contributed by atoms with E-state index >= 15 is 0 Å². The Hall–Kier alpha value is -2.07. The summed E-state index contributed by atoms with van der Waals surface area (Å²) in [4.78, 5) is 22.6. The van der Waals surface area contributed by atoms with Crippen LogP contribution < -0.4 is 0 Å². The van der Waals surface area contributed by atoms with Gasteiger partial charge in [0.15, 0.2) is 5.78 Å². The number of ketones is 1. The smallest absolute Gasteiger partial charge is 0.302 e. The molecule has 0 amide bonds. The summed E-state index contributed by atoms with van der Waals surface area (Å²) in [5, 5.41) is 0. The summed E-state index contributed by atoms with van der Waals surface area (Å²) in [6.07, 6.45) is 0. The van der Waals surface area contributed by atoms with Gasteiger partial charge in [0.1, 0.15) is 0 Å². The monoisotopic (exact) mass is 302 g/mol. The molecule has 0 unspecified atom stereocenters. The van der Waals surface area contributed by atoms with E-state index in [0.29, 0.717) is 17.7 Å². The van der Waals surface area contributed by atoms with Gasteiger partial charge in [0, 0.05) is 22.9 Å². The molecule has 0 aliphatic rings. The summed E-state index contributed by atoms with van der Waals surface area (Å²) >= 11 is 4.18. The number of ether oxygens (including phenoxy) is 1. The number of hydrogen-bond donors (Lipinski definition) is 1. The van der Waals surface area contributed by atoms with Crippen molar-refractivity contribution in [3.8, 4) is 0 Å². The van der Waals surface area contributed by atoms with Crippen molar-refractivity contribution in [1.82, 2.24) is 0 Å². The minimum atomic E-state index is -0.211. The van der Waals surface area contributed by atoms with Crippen molar-refractivity contribution >= 4 is 24.4 Å². The third-order valence-corrected chi connectivity index (χ3v) is 2.81. The van der Waals surface area contributed by atoms with Crippen LogP contribution in [0.15, 0.2) is 59.5 Å². The molecule has 0 saturated heterocycles. The lowest BCUT2D eigenvalue weighted by molar-refractivity contribution is -0.140. The van der Waals surface area contributed by atoms with Crippen LogP contribution in [0.4, 0.5) is 0 Å². The number of esters is 1. The molecule has 0 radical (unpaired) electrons. The maximum atomic E-state index is 11.9. The molecule has 110 valence electrons. The number of thiol groups is 1. The predicted molar refractivity (Wildman–Crippen MR) is 85.9 cm³/mol. The number of hydrogen-bond acceptors (Lipinski definition) is 4. The highest BCUT2D eigenvalue weighted by atomic mass is 32.1. The van der Waals surface area contributed by atoms with E-state index in [-0.39, 0.29) is 11.8 Å². The first-order chi connectivity index (χ1) is 10.0. The van der Waals surface area contributed by atoms with Gasteiger partial charge in [-0.1, -0.05) is 30.3 Å². The van der Waals surface area contributed by atoms with E-state index in [0.717, 1.165) is 4.90 Å². The Morgan fingerprint density at radius 1 is 0.952 bits per heavy atom. The normalized spacial score (nSPS) is 9.29. The molecule has 2 aromatic carbocycles. The molecule has 0 heterocycles. The fourth-order valence-corrected chi connectivity index (χ4v) is 1.72. The Labute approximate surface area is 130 Å². The van der Waals surface area contributed by atoms with Crippen molar-refractivity contribution in [3.05, 3.63) is 65.7 Å². The topological polar surface area (TPSA) is 43.4 Å². The Morgan fingerprint density at radius 2 is 1.48 bits per heavy atom. The van der Waals surface area contributed by atoms with Crippen LogP contribution in [0.1, 0.15) is 29.8 Å². The summed E-state index contributed by atoms with van der Waals surface area (Å²) in [6, 6.07) is 16.5. The third kappa shape index (κ3) is 6.27. The fraction of sp³-hybridized carbons (Fsp3) is 0.176. The molecule has 0 saturated carbocycles. The molecule has 3 nitrogen and oxygen atoms in total. The van der Waals surface area contributed by atoms with E-state index in [4.69, 9.17) is 0 Å². The molecule has 2 rings (SSSR count). The van der Waals surface area contributed by atoms with E-state index in [2.05, 4.69) is 17.4 Å². The predicted octanol–water partition coefficient (Wildman–Crippen LogP) is 3.78. The first-order valence-electron chi connectivity index (χ1n) is 6.56. The fourth-order valence-electron chi connectivity index (χ4n) is 1.57. The summed E-state index contributed by atoms with van der Waals surface area (Å²) in [5.41, 5.74) is 1.41. The van der Waals surface area contributed by atoms with Crippen molar-refractivity contribution in [2.45, 2.75) is 18.7 Å². The highest BCUT2D eigenvalue weighted by Gasteiger charge is 2.06. The van der Waals surface area contributed by atoms with Gasteiger partial charge >= 0.3 is 5.97 Å². The van der Waals surface area contributed by atoms with Gasteiger partial charge in [-0.25, -0.2) is 0 Å². The number of benzene rings is 2. The Balaban J connectivity index is 0.000000315. The van der Waals surface area contributed by atoms with Crippen molar-refractivity contribution in [1.29, 1.82) is 0 Å². The zero-order chi connectivity index (χ0) is 15.7. The van der Waals surface area contributed by atoms with E-state index in [1.807, 2.05) is 42.5 Å². The minimum absolute atomic E-state index is 0.0453. The molecular weight excluding hydrogens is 284 g/mol. The van der Waals surface area contributed by atoms with Gasteiger partial charge in [-0.05, 0) is 31.2 Å². The van der Waals surface area contributed by atoms with Crippen LogP contribution in [0.5, 0.6) is 0 Å². The largest absolute Gasteiger partial charge is 0.466 e. The van der Waals surface area contributed by atoms with Crippen molar-refractivity contribution < 1.29 is 14.3 Å². The standard InChI is InChI=1S/C13H10OS.C4H8O2/c14-13(10-4-2-1-3-5-10)11-6-8-12(15)9-7-11;1-3-6-4(2)5/h1-9,15H;3H2,1-2H3. The Kier molecular flexibility index (Phi) is 7.26. The lowest BCUT2D eigenvalue weighted by atomic mass is 10.0. The van der Waals surface area contributed by atoms with Crippen LogP contribution in [-0.4, -0.2) is 18.4 Å². The average molecular weight is 302 g/mol. The lowest BCUT2D eigenvalue weighted by Gasteiger charge is -2.00. The number of carbonyl (C=O) groups is 2. The number of rotatable bonds is 3. The van der Waals surface area contributed by atoms with Crippen LogP contribution in [-0.2, 0) is 9.53 Å².